The van der Waals surface area contributed by atoms with Gasteiger partial charge in [-0.15, -0.1) is 0 Å². The van der Waals surface area contributed by atoms with Gasteiger partial charge in [-0.05, 0) is 12.7 Å². The first kappa shape index (κ1) is 13.4. The standard InChI is InChI=1S/C9H18BNO5/c1-10(16)4-2-3-9(15)6(12)5-11-7(9)8(13)14/h6-7,11-12,15-16H,2-5H2,1H3,(H,13,14). The zero-order valence-electron chi connectivity index (χ0n) is 9.26. The Morgan fingerprint density at radius 1 is 1.62 bits per heavy atom. The number of aliphatic carboxylic acids is 1. The first-order valence-electron chi connectivity index (χ1n) is 5.42. The van der Waals surface area contributed by atoms with E-state index in [1.54, 1.807) is 6.82 Å². The summed E-state index contributed by atoms with van der Waals surface area (Å²) in [7, 11) is 0. The molecule has 1 rings (SSSR count). The molecule has 0 aromatic heterocycles. The number of carboxylic acids is 1. The monoisotopic (exact) mass is 231 g/mol. The smallest absolute Gasteiger partial charge is 0.323 e. The average molecular weight is 231 g/mol. The second-order valence-electron chi connectivity index (χ2n) is 4.43. The molecule has 1 heterocycles. The van der Waals surface area contributed by atoms with Crippen LogP contribution in [0.25, 0.3) is 0 Å². The lowest BCUT2D eigenvalue weighted by Gasteiger charge is -2.29. The zero-order chi connectivity index (χ0) is 12.3. The molecule has 92 valence electrons. The molecule has 0 aliphatic carbocycles. The summed E-state index contributed by atoms with van der Waals surface area (Å²) in [5, 5.41) is 40.3. The van der Waals surface area contributed by atoms with E-state index >= 15 is 0 Å². The number of aliphatic hydroxyl groups excluding tert-OH is 1. The predicted molar refractivity (Wildman–Crippen MR) is 58.3 cm³/mol. The van der Waals surface area contributed by atoms with Crippen LogP contribution in [0.3, 0.4) is 0 Å². The molecular weight excluding hydrogens is 213 g/mol. The molecule has 5 N–H and O–H groups in total. The van der Waals surface area contributed by atoms with Crippen molar-refractivity contribution in [2.45, 2.75) is 43.7 Å². The Morgan fingerprint density at radius 3 is 2.75 bits per heavy atom. The minimum atomic E-state index is -1.64. The van der Waals surface area contributed by atoms with Crippen molar-refractivity contribution >= 4 is 12.9 Å². The van der Waals surface area contributed by atoms with Crippen LogP contribution in [0.1, 0.15) is 12.8 Å². The normalized spacial score (nSPS) is 34.0. The van der Waals surface area contributed by atoms with Crippen molar-refractivity contribution in [3.63, 3.8) is 0 Å². The molecule has 0 aromatic carbocycles. The van der Waals surface area contributed by atoms with Gasteiger partial charge >= 0.3 is 5.97 Å². The highest BCUT2D eigenvalue weighted by atomic mass is 16.4. The van der Waals surface area contributed by atoms with Crippen molar-refractivity contribution in [2.75, 3.05) is 6.54 Å². The van der Waals surface area contributed by atoms with Crippen LogP contribution in [0.15, 0.2) is 0 Å². The van der Waals surface area contributed by atoms with Crippen molar-refractivity contribution in [1.29, 1.82) is 0 Å². The van der Waals surface area contributed by atoms with Gasteiger partial charge in [-0.25, -0.2) is 0 Å². The number of nitrogens with one attached hydrogen (secondary N) is 1. The summed E-state index contributed by atoms with van der Waals surface area (Å²) in [5.74, 6) is -1.17. The molecule has 1 fully saturated rings. The van der Waals surface area contributed by atoms with Crippen LogP contribution < -0.4 is 5.32 Å². The molecule has 7 heteroatoms. The van der Waals surface area contributed by atoms with E-state index < -0.39 is 30.6 Å². The van der Waals surface area contributed by atoms with E-state index in [-0.39, 0.29) is 13.0 Å². The number of β-amino-alcohol motifs (C(OH)–C–C–N with tert-alkyl or cyclic N) is 1. The molecule has 0 radical (unpaired) electrons. The van der Waals surface area contributed by atoms with Gasteiger partial charge in [-0.3, -0.25) is 10.1 Å². The molecule has 6 nitrogen and oxygen atoms in total. The lowest BCUT2D eigenvalue weighted by molar-refractivity contribution is -0.149. The molecule has 3 unspecified atom stereocenters. The van der Waals surface area contributed by atoms with E-state index in [1.807, 2.05) is 0 Å². The summed E-state index contributed by atoms with van der Waals surface area (Å²) in [6, 6.07) is -1.14. The van der Waals surface area contributed by atoms with E-state index in [9.17, 15) is 15.0 Å². The third-order valence-corrected chi connectivity index (χ3v) is 3.04. The summed E-state index contributed by atoms with van der Waals surface area (Å²) in [6.45, 7) is 1.21. The van der Waals surface area contributed by atoms with Gasteiger partial charge in [0.25, 0.3) is 6.92 Å². The average Bonchev–Trinajstić information content (AvgIpc) is 2.43. The van der Waals surface area contributed by atoms with Crippen molar-refractivity contribution in [3.8, 4) is 0 Å². The largest absolute Gasteiger partial charge is 0.480 e. The van der Waals surface area contributed by atoms with Gasteiger partial charge in [-0.2, -0.15) is 0 Å². The molecule has 0 spiro atoms. The summed E-state index contributed by atoms with van der Waals surface area (Å²) >= 11 is 0. The Morgan fingerprint density at radius 2 is 2.25 bits per heavy atom. The van der Waals surface area contributed by atoms with Crippen LogP contribution >= 0.6 is 0 Å². The SMILES string of the molecule is CB(O)CCCC1(O)C(O)CNC1C(=O)O. The fourth-order valence-corrected chi connectivity index (χ4v) is 2.07. The topological polar surface area (TPSA) is 110 Å². The van der Waals surface area contributed by atoms with E-state index in [2.05, 4.69) is 5.32 Å². The lowest BCUT2D eigenvalue weighted by Crippen LogP contribution is -2.52. The molecule has 0 aromatic rings. The van der Waals surface area contributed by atoms with E-state index in [1.165, 1.54) is 0 Å². The molecule has 0 bridgehead atoms. The second kappa shape index (κ2) is 5.14. The van der Waals surface area contributed by atoms with Gasteiger partial charge in [0.15, 0.2) is 0 Å². The fraction of sp³-hybridized carbons (Fsp3) is 0.889. The van der Waals surface area contributed by atoms with Crippen LogP contribution in [0.4, 0.5) is 0 Å². The Kier molecular flexibility index (Phi) is 4.31. The Labute approximate surface area is 94.4 Å². The van der Waals surface area contributed by atoms with Gasteiger partial charge in [0.2, 0.25) is 0 Å². The molecule has 1 aliphatic rings. The summed E-state index contributed by atoms with van der Waals surface area (Å²) in [5.41, 5.74) is -1.64. The highest BCUT2D eigenvalue weighted by Crippen LogP contribution is 2.28. The molecule has 0 amide bonds. The van der Waals surface area contributed by atoms with Crippen LogP contribution in [-0.4, -0.2) is 57.5 Å². The first-order valence-corrected chi connectivity index (χ1v) is 5.42. The third-order valence-electron chi connectivity index (χ3n) is 3.04. The van der Waals surface area contributed by atoms with Gasteiger partial charge in [-0.1, -0.05) is 13.2 Å². The maximum atomic E-state index is 10.9. The maximum absolute atomic E-state index is 10.9. The van der Waals surface area contributed by atoms with Gasteiger partial charge in [0, 0.05) is 6.54 Å². The van der Waals surface area contributed by atoms with Crippen molar-refractivity contribution in [2.24, 2.45) is 0 Å². The Balaban J connectivity index is 2.60. The van der Waals surface area contributed by atoms with E-state index in [0.29, 0.717) is 12.7 Å². The van der Waals surface area contributed by atoms with Gasteiger partial charge in [0.1, 0.15) is 11.6 Å². The van der Waals surface area contributed by atoms with Crippen molar-refractivity contribution < 1.29 is 25.1 Å². The van der Waals surface area contributed by atoms with E-state index in [0.717, 1.165) is 0 Å². The summed E-state index contributed by atoms with van der Waals surface area (Å²) in [4.78, 5) is 10.9. The quantitative estimate of drug-likeness (QED) is 0.369. The van der Waals surface area contributed by atoms with Gasteiger partial charge < -0.3 is 20.3 Å². The lowest BCUT2D eigenvalue weighted by atomic mass is 9.66. The highest BCUT2D eigenvalue weighted by Gasteiger charge is 2.51. The number of hydrogen-bond donors (Lipinski definition) is 5. The zero-order valence-corrected chi connectivity index (χ0v) is 9.26. The number of hydrogen-bond acceptors (Lipinski definition) is 5. The summed E-state index contributed by atoms with van der Waals surface area (Å²) in [6.07, 6.45) is 0.0174. The molecule has 16 heavy (non-hydrogen) atoms. The van der Waals surface area contributed by atoms with Crippen LogP contribution in [0, 0.1) is 0 Å². The van der Waals surface area contributed by atoms with E-state index in [4.69, 9.17) is 10.1 Å². The Hall–Kier alpha value is -0.625. The van der Waals surface area contributed by atoms with Crippen LogP contribution in [0.2, 0.25) is 13.1 Å². The predicted octanol–water partition coefficient (Wildman–Crippen LogP) is -1.47. The highest BCUT2D eigenvalue weighted by molar-refractivity contribution is 6.48. The molecule has 1 aliphatic heterocycles. The third kappa shape index (κ3) is 2.73. The maximum Gasteiger partial charge on any atom is 0.323 e. The van der Waals surface area contributed by atoms with Crippen LogP contribution in [-0.2, 0) is 4.79 Å². The minimum absolute atomic E-state index is 0.0716. The molecule has 3 atom stereocenters. The van der Waals surface area contributed by atoms with Crippen LogP contribution in [0.5, 0.6) is 0 Å². The van der Waals surface area contributed by atoms with Crippen molar-refractivity contribution in [3.05, 3.63) is 0 Å². The minimum Gasteiger partial charge on any atom is -0.480 e. The molecular formula is C9H18BNO5. The number of aliphatic hydroxyl groups is 2. The number of carboxylic acid groups (broad SMARTS) is 1. The van der Waals surface area contributed by atoms with Crippen molar-refractivity contribution in [1.82, 2.24) is 5.32 Å². The molecule has 1 saturated heterocycles. The second-order valence-corrected chi connectivity index (χ2v) is 4.43. The number of rotatable bonds is 5. The molecule has 0 saturated carbocycles. The summed E-state index contributed by atoms with van der Waals surface area (Å²) < 4.78 is 0. The van der Waals surface area contributed by atoms with Gasteiger partial charge in [0.05, 0.1) is 6.10 Å². The number of carbonyl (C=O) groups is 1. The Bertz CT molecular complexity index is 262. The first-order chi connectivity index (χ1) is 7.38. The fourth-order valence-electron chi connectivity index (χ4n) is 2.07.